The van der Waals surface area contributed by atoms with Gasteiger partial charge in [0.05, 0.1) is 0 Å². The van der Waals surface area contributed by atoms with E-state index in [2.05, 4.69) is 147 Å². The SMILES string of the molecule is C[Si](C)(CC/C=C/[CH2][Sn]([c]1ccccc1)([c]1ccccc1)[c]1ccccc1)c1ccccc1. The molecule has 2 heteroatoms. The van der Waals surface area contributed by atoms with E-state index < -0.39 is 26.5 Å². The van der Waals surface area contributed by atoms with E-state index in [-0.39, 0.29) is 0 Å². The van der Waals surface area contributed by atoms with Gasteiger partial charge in [-0.1, -0.05) is 0 Å². The second-order valence-electron chi connectivity index (χ2n) is 9.47. The molecule has 0 saturated heterocycles. The molecule has 4 rings (SSSR count). The van der Waals surface area contributed by atoms with Crippen molar-refractivity contribution in [2.75, 3.05) is 0 Å². The summed E-state index contributed by atoms with van der Waals surface area (Å²) in [6, 6.07) is 46.3. The monoisotopic (exact) mass is 554 g/mol. The molecule has 0 atom stereocenters. The molecule has 33 heavy (non-hydrogen) atoms. The van der Waals surface area contributed by atoms with Gasteiger partial charge in [0.25, 0.3) is 0 Å². The number of hydrogen-bond acceptors (Lipinski definition) is 0. The molecule has 0 radical (unpaired) electrons. The fraction of sp³-hybridized carbons (Fsp3) is 0.161. The van der Waals surface area contributed by atoms with E-state index in [0.717, 1.165) is 10.9 Å². The molecule has 0 saturated carbocycles. The zero-order valence-electron chi connectivity index (χ0n) is 19.8. The molecule has 0 aliphatic carbocycles. The Bertz CT molecular complexity index is 1040. The first-order valence-electron chi connectivity index (χ1n) is 12.0. The quantitative estimate of drug-likeness (QED) is 0.184. The summed E-state index contributed by atoms with van der Waals surface area (Å²) in [5.74, 6) is 0. The van der Waals surface area contributed by atoms with Crippen LogP contribution >= 0.6 is 0 Å². The van der Waals surface area contributed by atoms with E-state index in [1.807, 2.05) is 0 Å². The molecule has 0 N–H and O–H groups in total. The molecule has 4 aromatic rings. The molecule has 0 bridgehead atoms. The molecule has 0 fully saturated rings. The summed E-state index contributed by atoms with van der Waals surface area (Å²) in [5, 5.41) is 1.56. The number of benzene rings is 4. The van der Waals surface area contributed by atoms with Crippen LogP contribution in [0, 0.1) is 0 Å². The van der Waals surface area contributed by atoms with Gasteiger partial charge in [0, 0.05) is 0 Å². The molecule has 166 valence electrons. The summed E-state index contributed by atoms with van der Waals surface area (Å²) in [6.45, 7) is 5.00. The van der Waals surface area contributed by atoms with Crippen LogP contribution in [0.25, 0.3) is 0 Å². The molecule has 0 spiro atoms. The van der Waals surface area contributed by atoms with E-state index in [4.69, 9.17) is 0 Å². The van der Waals surface area contributed by atoms with Crippen molar-refractivity contribution in [1.29, 1.82) is 0 Å². The van der Waals surface area contributed by atoms with E-state index in [9.17, 15) is 0 Å². The Morgan fingerprint density at radius 3 is 1.36 bits per heavy atom. The average molecular weight is 553 g/mol. The molecule has 0 aromatic heterocycles. The van der Waals surface area contributed by atoms with Gasteiger partial charge >= 0.3 is 206 Å². The van der Waals surface area contributed by atoms with Gasteiger partial charge in [-0.15, -0.1) is 0 Å². The van der Waals surface area contributed by atoms with Crippen molar-refractivity contribution < 1.29 is 0 Å². The third kappa shape index (κ3) is 5.59. The number of rotatable bonds is 9. The minimum absolute atomic E-state index is 1.15. The van der Waals surface area contributed by atoms with Crippen molar-refractivity contribution in [2.45, 2.75) is 30.0 Å². The Balaban J connectivity index is 1.63. The van der Waals surface area contributed by atoms with Crippen LogP contribution in [0.5, 0.6) is 0 Å². The summed E-state index contributed by atoms with van der Waals surface area (Å²) in [7, 11) is -1.40. The fourth-order valence-corrected chi connectivity index (χ4v) is 20.0. The maximum atomic E-state index is 2.51. The number of hydrogen-bond donors (Lipinski definition) is 0. The van der Waals surface area contributed by atoms with Gasteiger partial charge in [-0.05, 0) is 0 Å². The van der Waals surface area contributed by atoms with Crippen molar-refractivity contribution in [3.63, 3.8) is 0 Å². The summed E-state index contributed by atoms with van der Waals surface area (Å²) in [5.41, 5.74) is 0. The van der Waals surface area contributed by atoms with Crippen LogP contribution in [-0.4, -0.2) is 26.5 Å². The fourth-order valence-electron chi connectivity index (χ4n) is 4.88. The van der Waals surface area contributed by atoms with E-state index in [1.54, 1.807) is 15.9 Å². The molecule has 4 aromatic carbocycles. The Morgan fingerprint density at radius 1 is 0.545 bits per heavy atom. The molecular weight excluding hydrogens is 519 g/mol. The molecule has 0 unspecified atom stereocenters. The Kier molecular flexibility index (Phi) is 8.05. The predicted octanol–water partition coefficient (Wildman–Crippen LogP) is 5.72. The zero-order valence-corrected chi connectivity index (χ0v) is 23.7. The molecule has 0 aliphatic rings. The molecule has 0 amide bonds. The number of allylic oxidation sites excluding steroid dienone is 2. The first kappa shape index (κ1) is 23.8. The van der Waals surface area contributed by atoms with Crippen molar-refractivity contribution in [2.24, 2.45) is 0 Å². The van der Waals surface area contributed by atoms with Crippen LogP contribution in [-0.2, 0) is 0 Å². The van der Waals surface area contributed by atoms with E-state index >= 15 is 0 Å². The Morgan fingerprint density at radius 2 is 0.939 bits per heavy atom. The summed E-state index contributed by atoms with van der Waals surface area (Å²) >= 11 is -3.16. The Hall–Kier alpha value is -2.36. The van der Waals surface area contributed by atoms with Gasteiger partial charge in [0.15, 0.2) is 0 Å². The van der Waals surface area contributed by atoms with Gasteiger partial charge in [0.1, 0.15) is 0 Å². The summed E-state index contributed by atoms with van der Waals surface area (Å²) in [4.78, 5) is 0. The second kappa shape index (κ2) is 11.2. The second-order valence-corrected chi connectivity index (χ2v) is 25.6. The Labute approximate surface area is 204 Å². The average Bonchev–Trinajstić information content (AvgIpc) is 2.88. The van der Waals surface area contributed by atoms with Crippen LogP contribution in [0.15, 0.2) is 133 Å². The van der Waals surface area contributed by atoms with Crippen LogP contribution < -0.4 is 15.9 Å². The van der Waals surface area contributed by atoms with Gasteiger partial charge in [0.2, 0.25) is 0 Å². The van der Waals surface area contributed by atoms with Crippen LogP contribution in [0.1, 0.15) is 6.42 Å². The van der Waals surface area contributed by atoms with Crippen molar-refractivity contribution in [3.05, 3.63) is 133 Å². The third-order valence-corrected chi connectivity index (χ3v) is 24.0. The first-order valence-corrected chi connectivity index (χ1v) is 21.5. The van der Waals surface area contributed by atoms with Crippen molar-refractivity contribution >= 4 is 42.4 Å². The van der Waals surface area contributed by atoms with Gasteiger partial charge in [-0.25, -0.2) is 0 Å². The zero-order chi connectivity index (χ0) is 23.0. The minimum atomic E-state index is -3.16. The third-order valence-electron chi connectivity index (χ3n) is 6.88. The normalized spacial score (nSPS) is 12.2. The van der Waals surface area contributed by atoms with E-state index in [1.165, 1.54) is 6.04 Å². The molecule has 0 heterocycles. The summed E-state index contributed by atoms with van der Waals surface area (Å²) in [6.07, 6.45) is 6.14. The molecule has 0 aliphatic heterocycles. The van der Waals surface area contributed by atoms with Crippen LogP contribution in [0.2, 0.25) is 23.6 Å². The maximum absolute atomic E-state index is 3.16. The van der Waals surface area contributed by atoms with Crippen LogP contribution in [0.4, 0.5) is 0 Å². The van der Waals surface area contributed by atoms with Gasteiger partial charge in [-0.2, -0.15) is 0 Å². The van der Waals surface area contributed by atoms with Crippen LogP contribution in [0.3, 0.4) is 0 Å². The molecular formula is C31H34SiSn. The topological polar surface area (TPSA) is 0 Å². The van der Waals surface area contributed by atoms with Crippen molar-refractivity contribution in [3.8, 4) is 0 Å². The van der Waals surface area contributed by atoms with Crippen molar-refractivity contribution in [1.82, 2.24) is 0 Å². The predicted molar refractivity (Wildman–Crippen MR) is 151 cm³/mol. The van der Waals surface area contributed by atoms with Gasteiger partial charge in [-0.3, -0.25) is 0 Å². The van der Waals surface area contributed by atoms with Gasteiger partial charge < -0.3 is 0 Å². The summed E-state index contributed by atoms with van der Waals surface area (Å²) < 4.78 is 5.80. The van der Waals surface area contributed by atoms with E-state index in [0.29, 0.717) is 0 Å². The standard InChI is InChI=1S/C13H19Si.3C6H5.Sn/c1-4-5-9-12-14(2,3)13-10-7-6-8-11-13;3*1-2-4-6-5-3-1;/h4-8,10-11H,1,9,12H2,2-3H3;3*1-5H;/b5-4+;;;;. The first-order chi connectivity index (χ1) is 16.1. The molecule has 0 nitrogen and oxygen atoms in total.